The van der Waals surface area contributed by atoms with E-state index < -0.39 is 12.0 Å². The summed E-state index contributed by atoms with van der Waals surface area (Å²) < 4.78 is 28.0. The normalized spacial score (nSPS) is 21.1. The van der Waals surface area contributed by atoms with E-state index in [4.69, 9.17) is 23.7 Å². The molecule has 1 aliphatic carbocycles. The summed E-state index contributed by atoms with van der Waals surface area (Å²) in [7, 11) is 4.39. The number of aliphatic hydroxyl groups excluding tert-OH is 1. The third kappa shape index (κ3) is 3.53. The molecule has 0 amide bonds. The highest BCUT2D eigenvalue weighted by Gasteiger charge is 2.41. The van der Waals surface area contributed by atoms with Gasteiger partial charge in [0.15, 0.2) is 28.8 Å². The van der Waals surface area contributed by atoms with Gasteiger partial charge in [0, 0.05) is 11.1 Å². The number of rotatable bonds is 5. The van der Waals surface area contributed by atoms with Gasteiger partial charge in [0.2, 0.25) is 18.3 Å². The number of hydrogen-bond donors (Lipinski definition) is 2. The predicted octanol–water partition coefficient (Wildman–Crippen LogP) is 3.99. The molecule has 4 rings (SSSR count). The highest BCUT2D eigenvalue weighted by atomic mass is 16.7. The van der Waals surface area contributed by atoms with Gasteiger partial charge in [0.25, 0.3) is 0 Å². The number of carbonyl (C=O) groups excluding carboxylic acids is 1. The molecule has 8 nitrogen and oxygen atoms in total. The van der Waals surface area contributed by atoms with Gasteiger partial charge in [-0.15, -0.1) is 0 Å². The van der Waals surface area contributed by atoms with Gasteiger partial charge in [-0.25, -0.2) is 0 Å². The van der Waals surface area contributed by atoms with Gasteiger partial charge in [-0.1, -0.05) is 13.0 Å². The van der Waals surface area contributed by atoms with Crippen LogP contribution in [0.25, 0.3) is 11.1 Å². The molecule has 0 bridgehead atoms. The summed E-state index contributed by atoms with van der Waals surface area (Å²) in [6.07, 6.45) is 1.10. The van der Waals surface area contributed by atoms with E-state index in [-0.39, 0.29) is 35.7 Å². The second-order valence-electron chi connectivity index (χ2n) is 8.59. The van der Waals surface area contributed by atoms with Crippen molar-refractivity contribution < 1.29 is 38.7 Å². The zero-order valence-corrected chi connectivity index (χ0v) is 20.2. The van der Waals surface area contributed by atoms with Crippen LogP contribution in [0.5, 0.6) is 34.5 Å². The molecule has 1 heterocycles. The third-order valence-corrected chi connectivity index (χ3v) is 6.74. The van der Waals surface area contributed by atoms with Crippen LogP contribution in [0, 0.1) is 5.92 Å². The van der Waals surface area contributed by atoms with E-state index >= 15 is 0 Å². The molecule has 34 heavy (non-hydrogen) atoms. The van der Waals surface area contributed by atoms with Crippen LogP contribution in [0.4, 0.5) is 0 Å². The van der Waals surface area contributed by atoms with Crippen molar-refractivity contribution in [3.8, 4) is 45.6 Å². The molecule has 0 fully saturated rings. The number of allylic oxidation sites excluding steroid dienone is 2. The van der Waals surface area contributed by atoms with Gasteiger partial charge in [-0.3, -0.25) is 4.79 Å². The maximum absolute atomic E-state index is 13.6. The Morgan fingerprint density at radius 1 is 1.09 bits per heavy atom. The van der Waals surface area contributed by atoms with Crippen LogP contribution in [0.3, 0.4) is 0 Å². The minimum Gasteiger partial charge on any atom is -0.504 e. The fourth-order valence-electron chi connectivity index (χ4n) is 4.86. The first kappa shape index (κ1) is 23.8. The van der Waals surface area contributed by atoms with Gasteiger partial charge in [-0.05, 0) is 55.0 Å². The molecule has 3 unspecified atom stereocenters. The number of phenolic OH excluding ortho intramolecular Hbond substituents is 1. The van der Waals surface area contributed by atoms with Gasteiger partial charge in [-0.2, -0.15) is 0 Å². The Balaban J connectivity index is 2.17. The number of fused-ring (bicyclic) bond motifs is 4. The fourth-order valence-corrected chi connectivity index (χ4v) is 4.86. The third-order valence-electron chi connectivity index (χ3n) is 6.74. The molecule has 8 heteroatoms. The lowest BCUT2D eigenvalue weighted by Crippen LogP contribution is -2.34. The Bertz CT molecular complexity index is 1170. The number of methoxy groups -OCH3 is 3. The van der Waals surface area contributed by atoms with Crippen molar-refractivity contribution in [2.45, 2.75) is 39.2 Å². The standard InChI is InChI=1S/C26H30O8/c1-7-12(2)21(27)20-15-10-16(30-4)24(31-5)23(29)19(15)18-14(8-13(3)22(20)28)9-17-25(26(18)32-6)34-11-33-17/h7,9-10,13,20,22,28-29H,8,11H2,1-6H3. The van der Waals surface area contributed by atoms with E-state index in [9.17, 15) is 15.0 Å². The SMILES string of the molecule is CC=C(C)C(=O)C1c2cc(OC)c(OC)c(O)c2-c2c(cc3c(c2OC)OCO3)CC(C)C1O. The molecule has 3 atom stereocenters. The summed E-state index contributed by atoms with van der Waals surface area (Å²) in [4.78, 5) is 13.6. The first-order valence-electron chi connectivity index (χ1n) is 11.1. The van der Waals surface area contributed by atoms with Gasteiger partial charge < -0.3 is 33.9 Å². The Labute approximate surface area is 198 Å². The topological polar surface area (TPSA) is 104 Å². The van der Waals surface area contributed by atoms with Crippen LogP contribution >= 0.6 is 0 Å². The number of hydrogen-bond acceptors (Lipinski definition) is 8. The molecule has 0 aromatic heterocycles. The number of carbonyl (C=O) groups is 1. The van der Waals surface area contributed by atoms with E-state index in [1.807, 2.05) is 13.0 Å². The Morgan fingerprint density at radius 2 is 1.79 bits per heavy atom. The number of ether oxygens (including phenoxy) is 5. The van der Waals surface area contributed by atoms with Gasteiger partial charge >= 0.3 is 0 Å². The van der Waals surface area contributed by atoms with E-state index in [0.717, 1.165) is 5.56 Å². The minimum absolute atomic E-state index is 0.0408. The summed E-state index contributed by atoms with van der Waals surface area (Å²) in [5.41, 5.74) is 2.60. The van der Waals surface area contributed by atoms with Crippen molar-refractivity contribution in [1.29, 1.82) is 0 Å². The molecule has 0 saturated carbocycles. The van der Waals surface area contributed by atoms with E-state index in [1.165, 1.54) is 21.3 Å². The van der Waals surface area contributed by atoms with E-state index in [0.29, 0.717) is 45.9 Å². The minimum atomic E-state index is -1.02. The molecule has 0 spiro atoms. The van der Waals surface area contributed by atoms with Crippen LogP contribution in [0.1, 0.15) is 37.8 Å². The first-order chi connectivity index (χ1) is 16.3. The van der Waals surface area contributed by atoms with Crippen molar-refractivity contribution in [1.82, 2.24) is 0 Å². The molecule has 0 radical (unpaired) electrons. The maximum atomic E-state index is 13.6. The largest absolute Gasteiger partial charge is 0.504 e. The highest BCUT2D eigenvalue weighted by Crippen LogP contribution is 2.57. The Hall–Kier alpha value is -3.39. The fraction of sp³-hybridized carbons (Fsp3) is 0.423. The summed E-state index contributed by atoms with van der Waals surface area (Å²) >= 11 is 0. The molecule has 1 aliphatic heterocycles. The number of Topliss-reactive ketones (excluding diaryl/α,β-unsaturated/α-hetero) is 1. The zero-order valence-electron chi connectivity index (χ0n) is 20.2. The van der Waals surface area contributed by atoms with Crippen LogP contribution in [0.2, 0.25) is 0 Å². The number of benzene rings is 2. The molecule has 2 aliphatic rings. The molecular formula is C26H30O8. The summed E-state index contributed by atoms with van der Waals surface area (Å²) in [5, 5.41) is 22.9. The Kier molecular flexibility index (Phi) is 6.36. The quantitative estimate of drug-likeness (QED) is 0.633. The van der Waals surface area contributed by atoms with Crippen molar-refractivity contribution in [2.24, 2.45) is 5.92 Å². The van der Waals surface area contributed by atoms with Crippen molar-refractivity contribution in [3.63, 3.8) is 0 Å². The van der Waals surface area contributed by atoms with E-state index in [2.05, 4.69) is 0 Å². The number of ketones is 1. The summed E-state index contributed by atoms with van der Waals surface area (Å²) in [6, 6.07) is 3.48. The molecular weight excluding hydrogens is 440 g/mol. The molecule has 2 aromatic rings. The highest BCUT2D eigenvalue weighted by molar-refractivity contribution is 6.03. The lowest BCUT2D eigenvalue weighted by molar-refractivity contribution is -0.120. The maximum Gasteiger partial charge on any atom is 0.231 e. The zero-order chi connectivity index (χ0) is 24.7. The lowest BCUT2D eigenvalue weighted by Gasteiger charge is -2.34. The predicted molar refractivity (Wildman–Crippen MR) is 125 cm³/mol. The first-order valence-corrected chi connectivity index (χ1v) is 11.1. The smallest absolute Gasteiger partial charge is 0.231 e. The van der Waals surface area contributed by atoms with Crippen LogP contribution < -0.4 is 23.7 Å². The van der Waals surface area contributed by atoms with Crippen LogP contribution in [-0.4, -0.2) is 50.2 Å². The molecule has 2 aromatic carbocycles. The van der Waals surface area contributed by atoms with Crippen molar-refractivity contribution in [2.75, 3.05) is 28.1 Å². The van der Waals surface area contributed by atoms with E-state index in [1.54, 1.807) is 26.0 Å². The number of aromatic hydroxyl groups is 1. The van der Waals surface area contributed by atoms with Crippen molar-refractivity contribution >= 4 is 5.78 Å². The average molecular weight is 471 g/mol. The second-order valence-corrected chi connectivity index (χ2v) is 8.59. The average Bonchev–Trinajstić information content (AvgIpc) is 3.30. The summed E-state index contributed by atoms with van der Waals surface area (Å²) in [6.45, 7) is 5.42. The molecule has 2 N–H and O–H groups in total. The second kappa shape index (κ2) is 9.10. The van der Waals surface area contributed by atoms with Crippen LogP contribution in [-0.2, 0) is 11.2 Å². The van der Waals surface area contributed by atoms with Gasteiger partial charge in [0.05, 0.1) is 33.4 Å². The van der Waals surface area contributed by atoms with Gasteiger partial charge in [0.1, 0.15) is 0 Å². The van der Waals surface area contributed by atoms with Crippen LogP contribution in [0.15, 0.2) is 23.8 Å². The monoisotopic (exact) mass is 470 g/mol. The number of phenols is 1. The molecule has 182 valence electrons. The van der Waals surface area contributed by atoms with Crippen molar-refractivity contribution in [3.05, 3.63) is 34.9 Å². The summed E-state index contributed by atoms with van der Waals surface area (Å²) in [5.74, 6) is -0.0158. The molecule has 0 saturated heterocycles. The number of aliphatic hydroxyl groups is 1. The lowest BCUT2D eigenvalue weighted by atomic mass is 9.73. The Morgan fingerprint density at radius 3 is 2.41 bits per heavy atom.